The molecular weight excluding hydrogens is 389 g/mol. The smallest absolute Gasteiger partial charge is 0.336 e. The Morgan fingerprint density at radius 2 is 1.56 bits per heavy atom. The minimum Gasteiger partial charge on any atom is -0.458 e. The van der Waals surface area contributed by atoms with Crippen LogP contribution in [0, 0.1) is 6.92 Å². The van der Waals surface area contributed by atoms with Gasteiger partial charge >= 0.3 is 6.85 Å². The van der Waals surface area contributed by atoms with E-state index >= 15 is 0 Å². The van der Waals surface area contributed by atoms with Crippen molar-refractivity contribution in [2.45, 2.75) is 33.1 Å². The van der Waals surface area contributed by atoms with Crippen molar-refractivity contribution in [3.05, 3.63) is 83.9 Å². The number of rotatable bonds is 0. The second kappa shape index (κ2) is 5.86. The van der Waals surface area contributed by atoms with Gasteiger partial charge in [-0.15, -0.1) is 0 Å². The molecule has 7 rings (SSSR count). The van der Waals surface area contributed by atoms with Gasteiger partial charge in [-0.25, -0.2) is 0 Å². The first-order chi connectivity index (χ1) is 15.4. The maximum Gasteiger partial charge on any atom is 0.336 e. The van der Waals surface area contributed by atoms with E-state index in [4.69, 9.17) is 4.74 Å². The largest absolute Gasteiger partial charge is 0.458 e. The highest BCUT2D eigenvalue weighted by Gasteiger charge is 2.41. The molecule has 0 amide bonds. The predicted octanol–water partition coefficient (Wildman–Crippen LogP) is 6.14. The van der Waals surface area contributed by atoms with Gasteiger partial charge in [-0.2, -0.15) is 0 Å². The van der Waals surface area contributed by atoms with E-state index in [1.165, 1.54) is 55.0 Å². The Labute approximate surface area is 188 Å². The molecule has 4 aromatic carbocycles. The van der Waals surface area contributed by atoms with Crippen LogP contribution in [0.5, 0.6) is 11.5 Å². The highest BCUT2D eigenvalue weighted by atomic mass is 16.5. The van der Waals surface area contributed by atoms with Crippen molar-refractivity contribution in [1.82, 2.24) is 4.48 Å². The van der Waals surface area contributed by atoms with Crippen LogP contribution >= 0.6 is 0 Å². The lowest BCUT2D eigenvalue weighted by atomic mass is 9.46. The quantitative estimate of drug-likeness (QED) is 0.273. The number of para-hydroxylation sites is 2. The predicted molar refractivity (Wildman–Crippen MR) is 135 cm³/mol. The number of hydrogen-bond donors (Lipinski definition) is 0. The molecule has 3 heteroatoms. The van der Waals surface area contributed by atoms with Crippen LogP contribution < -0.4 is 15.7 Å². The zero-order valence-corrected chi connectivity index (χ0v) is 18.9. The van der Waals surface area contributed by atoms with Gasteiger partial charge in [0.2, 0.25) is 0 Å². The van der Waals surface area contributed by atoms with Gasteiger partial charge in [0.25, 0.3) is 0 Å². The Balaban J connectivity index is 1.73. The van der Waals surface area contributed by atoms with E-state index in [1.807, 2.05) is 0 Å². The molecule has 5 aromatic rings. The number of ether oxygens (including phenoxy) is 1. The molecule has 0 spiro atoms. The maximum absolute atomic E-state index is 6.58. The van der Waals surface area contributed by atoms with Crippen LogP contribution in [0.4, 0.5) is 0 Å². The molecule has 0 unspecified atom stereocenters. The van der Waals surface area contributed by atoms with E-state index in [-0.39, 0.29) is 12.3 Å². The summed E-state index contributed by atoms with van der Waals surface area (Å²) in [6.07, 6.45) is 0. The zero-order chi connectivity index (χ0) is 21.8. The molecule has 32 heavy (non-hydrogen) atoms. The van der Waals surface area contributed by atoms with Crippen LogP contribution in [0.1, 0.15) is 31.9 Å². The van der Waals surface area contributed by atoms with Crippen molar-refractivity contribution < 1.29 is 4.74 Å². The van der Waals surface area contributed by atoms with E-state index in [0.29, 0.717) is 0 Å². The molecule has 0 aliphatic carbocycles. The fraction of sp³-hybridized carbons (Fsp3) is 0.172. The van der Waals surface area contributed by atoms with Gasteiger partial charge in [0.15, 0.2) is 0 Å². The van der Waals surface area contributed by atoms with Crippen molar-refractivity contribution in [3.63, 3.8) is 0 Å². The second-order valence-corrected chi connectivity index (χ2v) is 10.3. The lowest BCUT2D eigenvalue weighted by Gasteiger charge is -2.35. The third-order valence-corrected chi connectivity index (χ3v) is 7.21. The average Bonchev–Trinajstić information content (AvgIpc) is 3.10. The lowest BCUT2D eigenvalue weighted by Crippen LogP contribution is -2.54. The normalized spacial score (nSPS) is 13.8. The summed E-state index contributed by atoms with van der Waals surface area (Å²) in [5.74, 6) is 1.96. The SMILES string of the molecule is Cc1cc2c3c(c1)c1ccccc1n3B1c3ccccc3Oc3cc(C(C)(C)C)cc-2c31. The number of hydrogen-bond acceptors (Lipinski definition) is 1. The van der Waals surface area contributed by atoms with Crippen LogP contribution in [0.2, 0.25) is 0 Å². The Morgan fingerprint density at radius 1 is 0.781 bits per heavy atom. The number of fused-ring (bicyclic) bond motifs is 7. The number of aryl methyl sites for hydroxylation is 1. The second-order valence-electron chi connectivity index (χ2n) is 10.3. The Bertz CT molecular complexity index is 1600. The van der Waals surface area contributed by atoms with Crippen LogP contribution in [0.3, 0.4) is 0 Å². The van der Waals surface area contributed by atoms with Crippen LogP contribution in [0.25, 0.3) is 32.9 Å². The number of nitrogens with zero attached hydrogens (tertiary/aromatic N) is 1. The van der Waals surface area contributed by atoms with Crippen LogP contribution in [0.15, 0.2) is 72.8 Å². The highest BCUT2D eigenvalue weighted by Crippen LogP contribution is 2.44. The van der Waals surface area contributed by atoms with Crippen molar-refractivity contribution >= 4 is 39.6 Å². The van der Waals surface area contributed by atoms with Gasteiger partial charge in [-0.3, -0.25) is 0 Å². The first-order valence-corrected chi connectivity index (χ1v) is 11.4. The molecule has 0 radical (unpaired) electrons. The third kappa shape index (κ3) is 2.21. The first-order valence-electron chi connectivity index (χ1n) is 11.4. The summed E-state index contributed by atoms with van der Waals surface area (Å²) in [7, 11) is 0. The molecule has 0 saturated heterocycles. The summed E-state index contributed by atoms with van der Waals surface area (Å²) in [4.78, 5) is 0. The lowest BCUT2D eigenvalue weighted by molar-refractivity contribution is 0.483. The number of benzene rings is 4. The molecule has 0 atom stereocenters. The highest BCUT2D eigenvalue weighted by molar-refractivity contribution is 6.88. The van der Waals surface area contributed by atoms with E-state index < -0.39 is 0 Å². The number of aromatic nitrogens is 1. The van der Waals surface area contributed by atoms with E-state index in [9.17, 15) is 0 Å². The van der Waals surface area contributed by atoms with Gasteiger partial charge in [-0.1, -0.05) is 63.2 Å². The van der Waals surface area contributed by atoms with Crippen LogP contribution in [-0.4, -0.2) is 11.3 Å². The Hall–Kier alpha value is -3.46. The van der Waals surface area contributed by atoms with Gasteiger partial charge in [0.1, 0.15) is 11.5 Å². The Kier molecular flexibility index (Phi) is 3.32. The van der Waals surface area contributed by atoms with Crippen LogP contribution in [-0.2, 0) is 5.41 Å². The summed E-state index contributed by atoms with van der Waals surface area (Å²) in [5, 5.41) is 2.66. The van der Waals surface area contributed by atoms with Crippen molar-refractivity contribution in [1.29, 1.82) is 0 Å². The van der Waals surface area contributed by atoms with Crippen molar-refractivity contribution in [2.75, 3.05) is 0 Å². The summed E-state index contributed by atoms with van der Waals surface area (Å²) in [6, 6.07) is 26.8. The summed E-state index contributed by atoms with van der Waals surface area (Å²) < 4.78 is 9.14. The van der Waals surface area contributed by atoms with E-state index in [0.717, 1.165) is 11.5 Å². The zero-order valence-electron chi connectivity index (χ0n) is 18.9. The molecule has 2 aliphatic rings. The minimum absolute atomic E-state index is 0.0362. The molecule has 0 bridgehead atoms. The van der Waals surface area contributed by atoms with Gasteiger partial charge in [0.05, 0.1) is 0 Å². The molecule has 1 aromatic heterocycles. The average molecular weight is 413 g/mol. The first kappa shape index (κ1) is 18.1. The van der Waals surface area contributed by atoms with E-state index in [1.54, 1.807) is 0 Å². The molecule has 2 aliphatic heterocycles. The van der Waals surface area contributed by atoms with Crippen molar-refractivity contribution in [2.24, 2.45) is 0 Å². The molecule has 2 nitrogen and oxygen atoms in total. The fourth-order valence-electron chi connectivity index (χ4n) is 5.74. The Morgan fingerprint density at radius 3 is 2.41 bits per heavy atom. The molecule has 0 fully saturated rings. The minimum atomic E-state index is 0.0362. The maximum atomic E-state index is 6.58. The third-order valence-electron chi connectivity index (χ3n) is 7.21. The standard InChI is InChI=1S/C29H24BNO/c1-17-13-21-19-9-5-7-11-24(19)31-28(21)22(14-17)20-15-18(29(2,3)4)16-26-27(20)30(31)23-10-6-8-12-25(23)32-26/h5-16H,1-4H3. The fourth-order valence-corrected chi connectivity index (χ4v) is 5.74. The molecular formula is C29H24BNO. The monoisotopic (exact) mass is 413 g/mol. The van der Waals surface area contributed by atoms with Gasteiger partial charge in [0, 0.05) is 32.8 Å². The summed E-state index contributed by atoms with van der Waals surface area (Å²) >= 11 is 0. The summed E-state index contributed by atoms with van der Waals surface area (Å²) in [6.45, 7) is 9.15. The molecule has 0 saturated carbocycles. The molecule has 3 heterocycles. The van der Waals surface area contributed by atoms with Gasteiger partial charge < -0.3 is 9.21 Å². The molecule has 154 valence electrons. The van der Waals surface area contributed by atoms with E-state index in [2.05, 4.69) is 105 Å². The van der Waals surface area contributed by atoms with Crippen molar-refractivity contribution in [3.8, 4) is 22.6 Å². The topological polar surface area (TPSA) is 14.2 Å². The molecule has 0 N–H and O–H groups in total. The van der Waals surface area contributed by atoms with Gasteiger partial charge in [-0.05, 0) is 64.8 Å². The summed E-state index contributed by atoms with van der Waals surface area (Å²) in [5.41, 5.74) is 10.4.